The number of hydrogen-bond acceptors (Lipinski definition) is 6. The first kappa shape index (κ1) is 11.9. The van der Waals surface area contributed by atoms with Crippen LogP contribution in [0.2, 0.25) is 0 Å². The van der Waals surface area contributed by atoms with E-state index in [9.17, 15) is 0 Å². The van der Waals surface area contributed by atoms with E-state index in [-0.39, 0.29) is 0 Å². The quantitative estimate of drug-likeness (QED) is 0.714. The Hall–Kier alpha value is -1.14. The van der Waals surface area contributed by atoms with Gasteiger partial charge in [0.05, 0.1) is 6.61 Å². The van der Waals surface area contributed by atoms with Crippen LogP contribution >= 0.6 is 0 Å². The summed E-state index contributed by atoms with van der Waals surface area (Å²) in [6.45, 7) is 4.96. The van der Waals surface area contributed by atoms with E-state index in [4.69, 9.17) is 14.0 Å². The van der Waals surface area contributed by atoms with Gasteiger partial charge in [0.2, 0.25) is 5.82 Å². The van der Waals surface area contributed by atoms with Gasteiger partial charge in [-0.25, -0.2) is 0 Å². The third-order valence-electron chi connectivity index (χ3n) is 2.06. The topological polar surface area (TPSA) is 69.4 Å². The Morgan fingerprint density at radius 1 is 1.40 bits per heavy atom. The lowest BCUT2D eigenvalue weighted by Crippen LogP contribution is -2.21. The van der Waals surface area contributed by atoms with Gasteiger partial charge in [-0.3, -0.25) is 0 Å². The van der Waals surface area contributed by atoms with Crippen molar-refractivity contribution in [1.29, 1.82) is 0 Å². The lowest BCUT2D eigenvalue weighted by Gasteiger charge is -2.17. The average Bonchev–Trinajstić information content (AvgIpc) is 2.68. The third-order valence-corrected chi connectivity index (χ3v) is 2.06. The molecular weight excluding hydrogens is 198 g/mol. The first-order chi connectivity index (χ1) is 7.10. The summed E-state index contributed by atoms with van der Waals surface area (Å²) in [5.74, 6) is 0.518. The molecule has 0 aliphatic heterocycles. The number of nitrogens with zero attached hydrogens (tertiary/aromatic N) is 2. The van der Waals surface area contributed by atoms with Gasteiger partial charge >= 0.3 is 6.01 Å². The summed E-state index contributed by atoms with van der Waals surface area (Å²) in [7, 11) is 3.24. The summed E-state index contributed by atoms with van der Waals surface area (Å²) >= 11 is 0. The second-order valence-electron chi connectivity index (χ2n) is 3.56. The molecule has 0 aromatic carbocycles. The molecule has 15 heavy (non-hydrogen) atoms. The van der Waals surface area contributed by atoms with Crippen molar-refractivity contribution in [2.24, 2.45) is 0 Å². The molecule has 1 rings (SSSR count). The Labute approximate surface area is 88.9 Å². The van der Waals surface area contributed by atoms with E-state index < -0.39 is 5.60 Å². The van der Waals surface area contributed by atoms with Gasteiger partial charge in [-0.05, 0) is 13.8 Å². The highest BCUT2D eigenvalue weighted by Crippen LogP contribution is 2.21. The van der Waals surface area contributed by atoms with Crippen molar-refractivity contribution in [3.63, 3.8) is 0 Å². The fraction of sp³-hybridized carbons (Fsp3) is 0.778. The zero-order valence-corrected chi connectivity index (χ0v) is 9.53. The smallest absolute Gasteiger partial charge is 0.321 e. The third kappa shape index (κ3) is 3.17. The van der Waals surface area contributed by atoms with E-state index in [1.165, 1.54) is 0 Å². The molecule has 0 bridgehead atoms. The van der Waals surface area contributed by atoms with Gasteiger partial charge in [-0.1, -0.05) is 5.16 Å². The zero-order chi connectivity index (χ0) is 11.3. The molecule has 6 nitrogen and oxygen atoms in total. The maximum absolute atomic E-state index is 5.23. The van der Waals surface area contributed by atoms with Crippen LogP contribution in [0.25, 0.3) is 0 Å². The molecule has 0 saturated heterocycles. The molecule has 0 amide bonds. The van der Waals surface area contributed by atoms with Gasteiger partial charge in [0, 0.05) is 20.8 Å². The Morgan fingerprint density at radius 2 is 2.13 bits per heavy atom. The van der Waals surface area contributed by atoms with Crippen LogP contribution in [0.1, 0.15) is 19.7 Å². The fourth-order valence-corrected chi connectivity index (χ4v) is 0.891. The predicted octanol–water partition coefficient (Wildman–Crippen LogP) is 1.01. The molecule has 0 fully saturated rings. The van der Waals surface area contributed by atoms with Gasteiger partial charge < -0.3 is 19.3 Å². The highest BCUT2D eigenvalue weighted by molar-refractivity contribution is 5.19. The van der Waals surface area contributed by atoms with Crippen LogP contribution in [0.3, 0.4) is 0 Å². The number of aromatic nitrogens is 2. The summed E-state index contributed by atoms with van der Waals surface area (Å²) in [5, 5.41) is 6.76. The summed E-state index contributed by atoms with van der Waals surface area (Å²) in [6.07, 6.45) is 0. The monoisotopic (exact) mass is 215 g/mol. The van der Waals surface area contributed by atoms with Gasteiger partial charge in [0.1, 0.15) is 5.60 Å². The molecule has 0 atom stereocenters. The van der Waals surface area contributed by atoms with Crippen LogP contribution in [0, 0.1) is 0 Å². The Kier molecular flexibility index (Phi) is 4.05. The summed E-state index contributed by atoms with van der Waals surface area (Å²) < 4.78 is 15.1. The molecule has 6 heteroatoms. The van der Waals surface area contributed by atoms with Crippen LogP contribution in [0.15, 0.2) is 4.52 Å². The lowest BCUT2D eigenvalue weighted by atomic mass is 10.1. The molecule has 1 heterocycles. The van der Waals surface area contributed by atoms with E-state index in [2.05, 4.69) is 15.5 Å². The molecule has 86 valence electrons. The largest absolute Gasteiger partial charge is 0.383 e. The molecule has 0 spiro atoms. The van der Waals surface area contributed by atoms with Crippen molar-refractivity contribution in [3.8, 4) is 0 Å². The average molecular weight is 215 g/mol. The molecular formula is C9H17N3O3. The minimum Gasteiger partial charge on any atom is -0.383 e. The van der Waals surface area contributed by atoms with Crippen LogP contribution < -0.4 is 5.32 Å². The van der Waals surface area contributed by atoms with Gasteiger partial charge in [0.15, 0.2) is 0 Å². The molecule has 1 aromatic rings. The molecule has 0 radical (unpaired) electrons. The van der Waals surface area contributed by atoms with Crippen molar-refractivity contribution in [2.45, 2.75) is 19.4 Å². The number of anilines is 1. The number of rotatable bonds is 6. The minimum atomic E-state index is -0.537. The fourth-order valence-electron chi connectivity index (χ4n) is 0.891. The van der Waals surface area contributed by atoms with Gasteiger partial charge in [-0.2, -0.15) is 4.98 Å². The Bertz CT molecular complexity index is 299. The van der Waals surface area contributed by atoms with Crippen molar-refractivity contribution in [1.82, 2.24) is 10.1 Å². The van der Waals surface area contributed by atoms with Crippen molar-refractivity contribution < 1.29 is 14.0 Å². The Morgan fingerprint density at radius 3 is 2.73 bits per heavy atom. The van der Waals surface area contributed by atoms with Crippen LogP contribution in [0.5, 0.6) is 0 Å². The second-order valence-corrected chi connectivity index (χ2v) is 3.56. The van der Waals surface area contributed by atoms with Gasteiger partial charge in [-0.15, -0.1) is 0 Å². The second kappa shape index (κ2) is 5.09. The van der Waals surface area contributed by atoms with Crippen LogP contribution in [-0.4, -0.2) is 37.5 Å². The number of methoxy groups -OCH3 is 2. The molecule has 1 aromatic heterocycles. The zero-order valence-electron chi connectivity index (χ0n) is 9.53. The maximum Gasteiger partial charge on any atom is 0.321 e. The molecule has 0 saturated carbocycles. The SMILES string of the molecule is COCCNc1nc(C(C)(C)OC)no1. The highest BCUT2D eigenvalue weighted by atomic mass is 16.5. The standard InChI is InChI=1S/C9H17N3O3/c1-9(2,14-4)7-11-8(15-12-7)10-5-6-13-3/h5-6H2,1-4H3,(H,10,11,12). The van der Waals surface area contributed by atoms with E-state index in [1.807, 2.05) is 13.8 Å². The molecule has 1 N–H and O–H groups in total. The maximum atomic E-state index is 5.23. The summed E-state index contributed by atoms with van der Waals surface area (Å²) in [5.41, 5.74) is -0.537. The lowest BCUT2D eigenvalue weighted by molar-refractivity contribution is 0.00973. The minimum absolute atomic E-state index is 0.382. The van der Waals surface area contributed by atoms with Crippen molar-refractivity contribution in [3.05, 3.63) is 5.82 Å². The molecule has 0 unspecified atom stereocenters. The van der Waals surface area contributed by atoms with Crippen molar-refractivity contribution in [2.75, 3.05) is 32.7 Å². The predicted molar refractivity (Wildman–Crippen MR) is 54.7 cm³/mol. The highest BCUT2D eigenvalue weighted by Gasteiger charge is 2.26. The molecule has 0 aliphatic carbocycles. The first-order valence-electron chi connectivity index (χ1n) is 4.72. The van der Waals surface area contributed by atoms with E-state index >= 15 is 0 Å². The van der Waals surface area contributed by atoms with Crippen molar-refractivity contribution >= 4 is 6.01 Å². The summed E-state index contributed by atoms with van der Waals surface area (Å²) in [6, 6.07) is 0.382. The van der Waals surface area contributed by atoms with E-state index in [0.29, 0.717) is 25.0 Å². The summed E-state index contributed by atoms with van der Waals surface area (Å²) in [4.78, 5) is 4.16. The Balaban J connectivity index is 2.56. The van der Waals surface area contributed by atoms with Gasteiger partial charge in [0.25, 0.3) is 0 Å². The normalized spacial score (nSPS) is 11.7. The first-order valence-corrected chi connectivity index (χ1v) is 4.72. The number of hydrogen-bond donors (Lipinski definition) is 1. The van der Waals surface area contributed by atoms with Crippen LogP contribution in [-0.2, 0) is 15.1 Å². The molecule has 0 aliphatic rings. The number of nitrogens with one attached hydrogen (secondary N) is 1. The van der Waals surface area contributed by atoms with Crippen LogP contribution in [0.4, 0.5) is 6.01 Å². The van der Waals surface area contributed by atoms with E-state index in [0.717, 1.165) is 0 Å². The number of ether oxygens (including phenoxy) is 2. The van der Waals surface area contributed by atoms with E-state index in [1.54, 1.807) is 14.2 Å².